The minimum Gasteiger partial charge on any atom is -0.484 e. The molecule has 30 heavy (non-hydrogen) atoms. The Morgan fingerprint density at radius 3 is 2.37 bits per heavy atom. The molecule has 2 heterocycles. The van der Waals surface area contributed by atoms with Gasteiger partial charge in [0, 0.05) is 25.8 Å². The van der Waals surface area contributed by atoms with Crippen molar-refractivity contribution in [3.05, 3.63) is 53.7 Å². The van der Waals surface area contributed by atoms with Gasteiger partial charge in [-0.2, -0.15) is 0 Å². The first kappa shape index (κ1) is 22.1. The van der Waals surface area contributed by atoms with Crippen LogP contribution in [0.5, 0.6) is 5.75 Å². The molecule has 3 rings (SSSR count). The second-order valence-corrected chi connectivity index (χ2v) is 9.03. The number of pyridine rings is 1. The van der Waals surface area contributed by atoms with Gasteiger partial charge in [-0.15, -0.1) is 0 Å². The van der Waals surface area contributed by atoms with E-state index in [1.807, 2.05) is 42.6 Å². The van der Waals surface area contributed by atoms with Gasteiger partial charge in [-0.25, -0.2) is 4.98 Å². The molecule has 0 spiro atoms. The number of hydrogen-bond donors (Lipinski definition) is 1. The predicted octanol–water partition coefficient (Wildman–Crippen LogP) is 3.69. The Hall–Kier alpha value is -2.60. The Balaban J connectivity index is 1.44. The number of ether oxygens (including phenoxy) is 2. The molecule has 1 aliphatic heterocycles. The number of hydrogen-bond acceptors (Lipinski definition) is 5. The van der Waals surface area contributed by atoms with E-state index in [0.717, 1.165) is 24.5 Å². The van der Waals surface area contributed by atoms with Crippen LogP contribution in [0.3, 0.4) is 0 Å². The lowest BCUT2D eigenvalue weighted by atomic mass is 9.87. The maximum absolute atomic E-state index is 12.1. The van der Waals surface area contributed by atoms with Crippen LogP contribution >= 0.6 is 0 Å². The average molecular weight is 412 g/mol. The fourth-order valence-corrected chi connectivity index (χ4v) is 3.52. The summed E-state index contributed by atoms with van der Waals surface area (Å²) in [5.74, 6) is 1.47. The number of anilines is 1. The van der Waals surface area contributed by atoms with Crippen LogP contribution in [0.4, 0.5) is 5.82 Å². The maximum atomic E-state index is 12.1. The summed E-state index contributed by atoms with van der Waals surface area (Å²) in [6.45, 7) is 12.7. The Kier molecular flexibility index (Phi) is 6.98. The molecule has 0 radical (unpaired) electrons. The second-order valence-electron chi connectivity index (χ2n) is 9.03. The highest BCUT2D eigenvalue weighted by molar-refractivity contribution is 5.77. The van der Waals surface area contributed by atoms with Gasteiger partial charge in [-0.3, -0.25) is 4.79 Å². The van der Waals surface area contributed by atoms with Gasteiger partial charge in [-0.1, -0.05) is 39.0 Å². The lowest BCUT2D eigenvalue weighted by Crippen LogP contribution is -2.45. The molecule has 0 bridgehead atoms. The SMILES string of the molecule is CC1CN(c2ccc(CNC(=O)COc3ccc(C(C)(C)C)cc3)cn2)CC(C)O1. The summed E-state index contributed by atoms with van der Waals surface area (Å²) in [5, 5.41) is 2.88. The van der Waals surface area contributed by atoms with Gasteiger partial charge in [0.25, 0.3) is 5.91 Å². The first-order valence-electron chi connectivity index (χ1n) is 10.6. The molecule has 162 valence electrons. The molecule has 2 aromatic rings. The van der Waals surface area contributed by atoms with Gasteiger partial charge < -0.3 is 19.7 Å². The lowest BCUT2D eigenvalue weighted by molar-refractivity contribution is -0.123. The molecule has 1 aromatic carbocycles. The number of aromatic nitrogens is 1. The Morgan fingerprint density at radius 2 is 1.80 bits per heavy atom. The van der Waals surface area contributed by atoms with Crippen LogP contribution in [-0.4, -0.2) is 42.8 Å². The molecule has 2 atom stereocenters. The van der Waals surface area contributed by atoms with E-state index in [4.69, 9.17) is 9.47 Å². The smallest absolute Gasteiger partial charge is 0.258 e. The largest absolute Gasteiger partial charge is 0.484 e. The van der Waals surface area contributed by atoms with Crippen LogP contribution in [-0.2, 0) is 21.5 Å². The van der Waals surface area contributed by atoms with Gasteiger partial charge in [0.1, 0.15) is 11.6 Å². The maximum Gasteiger partial charge on any atom is 0.258 e. The quantitative estimate of drug-likeness (QED) is 0.785. The number of morpholine rings is 1. The van der Waals surface area contributed by atoms with E-state index in [0.29, 0.717) is 12.3 Å². The molecule has 6 heteroatoms. The minimum atomic E-state index is -0.158. The van der Waals surface area contributed by atoms with E-state index in [-0.39, 0.29) is 30.1 Å². The van der Waals surface area contributed by atoms with Crippen molar-refractivity contribution in [1.82, 2.24) is 10.3 Å². The summed E-state index contributed by atoms with van der Waals surface area (Å²) in [6, 6.07) is 11.9. The number of carbonyl (C=O) groups is 1. The van der Waals surface area contributed by atoms with E-state index in [9.17, 15) is 4.79 Å². The van der Waals surface area contributed by atoms with Crippen LogP contribution in [0.2, 0.25) is 0 Å². The number of nitrogens with one attached hydrogen (secondary N) is 1. The summed E-state index contributed by atoms with van der Waals surface area (Å²) in [7, 11) is 0. The third kappa shape index (κ3) is 6.20. The molecule has 1 amide bonds. The average Bonchev–Trinajstić information content (AvgIpc) is 2.70. The van der Waals surface area contributed by atoms with Crippen LogP contribution in [0, 0.1) is 0 Å². The van der Waals surface area contributed by atoms with E-state index < -0.39 is 0 Å². The normalized spacial score (nSPS) is 19.4. The van der Waals surface area contributed by atoms with E-state index in [1.165, 1.54) is 5.56 Å². The van der Waals surface area contributed by atoms with Crippen molar-refractivity contribution >= 4 is 11.7 Å². The predicted molar refractivity (Wildman–Crippen MR) is 119 cm³/mol. The molecule has 0 saturated carbocycles. The third-order valence-electron chi connectivity index (χ3n) is 5.13. The van der Waals surface area contributed by atoms with Crippen molar-refractivity contribution in [2.24, 2.45) is 0 Å². The van der Waals surface area contributed by atoms with E-state index in [2.05, 4.69) is 49.8 Å². The first-order valence-corrected chi connectivity index (χ1v) is 10.6. The molecular formula is C24H33N3O3. The highest BCUT2D eigenvalue weighted by Crippen LogP contribution is 2.24. The van der Waals surface area contributed by atoms with Crippen LogP contribution in [0.15, 0.2) is 42.6 Å². The summed E-state index contributed by atoms with van der Waals surface area (Å²) in [5.41, 5.74) is 2.28. The van der Waals surface area contributed by atoms with Crippen molar-refractivity contribution in [3.63, 3.8) is 0 Å². The molecular weight excluding hydrogens is 378 g/mol. The fraction of sp³-hybridized carbons (Fsp3) is 0.500. The highest BCUT2D eigenvalue weighted by Gasteiger charge is 2.23. The van der Waals surface area contributed by atoms with Gasteiger partial charge in [0.2, 0.25) is 0 Å². The molecule has 0 aliphatic carbocycles. The van der Waals surface area contributed by atoms with Gasteiger partial charge >= 0.3 is 0 Å². The summed E-state index contributed by atoms with van der Waals surface area (Å²) < 4.78 is 11.4. The monoisotopic (exact) mass is 411 g/mol. The topological polar surface area (TPSA) is 63.7 Å². The second kappa shape index (κ2) is 9.47. The molecule has 1 aromatic heterocycles. The third-order valence-corrected chi connectivity index (χ3v) is 5.13. The summed E-state index contributed by atoms with van der Waals surface area (Å²) in [6.07, 6.45) is 2.20. The van der Waals surface area contributed by atoms with Crippen molar-refractivity contribution in [2.45, 2.75) is 58.8 Å². The van der Waals surface area contributed by atoms with Crippen molar-refractivity contribution in [2.75, 3.05) is 24.6 Å². The van der Waals surface area contributed by atoms with Crippen molar-refractivity contribution in [3.8, 4) is 5.75 Å². The summed E-state index contributed by atoms with van der Waals surface area (Å²) in [4.78, 5) is 18.9. The summed E-state index contributed by atoms with van der Waals surface area (Å²) >= 11 is 0. The Bertz CT molecular complexity index is 818. The van der Waals surface area contributed by atoms with E-state index >= 15 is 0 Å². The zero-order valence-corrected chi connectivity index (χ0v) is 18.6. The van der Waals surface area contributed by atoms with Gasteiger partial charge in [0.05, 0.1) is 12.2 Å². The lowest BCUT2D eigenvalue weighted by Gasteiger charge is -2.36. The molecule has 2 unspecified atom stereocenters. The minimum absolute atomic E-state index is 0.00999. The van der Waals surface area contributed by atoms with E-state index in [1.54, 1.807) is 0 Å². The molecule has 1 fully saturated rings. The van der Waals surface area contributed by atoms with Crippen LogP contribution < -0.4 is 15.0 Å². The number of nitrogens with zero attached hydrogens (tertiary/aromatic N) is 2. The number of amides is 1. The Labute approximate surface area is 179 Å². The molecule has 1 N–H and O–H groups in total. The number of carbonyl (C=O) groups excluding carboxylic acids is 1. The molecule has 1 aliphatic rings. The van der Waals surface area contributed by atoms with Crippen molar-refractivity contribution < 1.29 is 14.3 Å². The van der Waals surface area contributed by atoms with Gasteiger partial charge in [0.15, 0.2) is 6.61 Å². The Morgan fingerprint density at radius 1 is 1.13 bits per heavy atom. The molecule has 1 saturated heterocycles. The number of rotatable bonds is 6. The van der Waals surface area contributed by atoms with Crippen LogP contribution in [0.25, 0.3) is 0 Å². The standard InChI is InChI=1S/C24H33N3O3/c1-17-14-27(15-18(2)30-17)22-11-6-19(12-25-22)13-26-23(28)16-29-21-9-7-20(8-10-21)24(3,4)5/h6-12,17-18H,13-16H2,1-5H3,(H,26,28). The first-order chi connectivity index (χ1) is 14.2. The zero-order chi connectivity index (χ0) is 21.7. The van der Waals surface area contributed by atoms with Gasteiger partial charge in [-0.05, 0) is 48.6 Å². The molecule has 6 nitrogen and oxygen atoms in total. The highest BCUT2D eigenvalue weighted by atomic mass is 16.5. The number of benzene rings is 1. The van der Waals surface area contributed by atoms with Crippen LogP contribution in [0.1, 0.15) is 45.7 Å². The fourth-order valence-electron chi connectivity index (χ4n) is 3.52. The zero-order valence-electron chi connectivity index (χ0n) is 18.6. The van der Waals surface area contributed by atoms with Crippen molar-refractivity contribution in [1.29, 1.82) is 0 Å².